The van der Waals surface area contributed by atoms with Gasteiger partial charge in [0.15, 0.2) is 0 Å². The number of nitriles is 3. The Bertz CT molecular complexity index is 343. The minimum absolute atomic E-state index is 0. The van der Waals surface area contributed by atoms with Crippen LogP contribution in [0.15, 0.2) is 36.5 Å². The molecule has 132 valence electrons. The molecule has 0 heterocycles. The second kappa shape index (κ2) is 42.7. The monoisotopic (exact) mass is 363 g/mol. The fourth-order valence-corrected chi connectivity index (χ4v) is 0. The van der Waals surface area contributed by atoms with Gasteiger partial charge in [0.2, 0.25) is 0 Å². The first-order valence-electron chi connectivity index (χ1n) is 5.39. The van der Waals surface area contributed by atoms with Crippen molar-refractivity contribution >= 4 is 0 Å². The van der Waals surface area contributed by atoms with E-state index in [0.29, 0.717) is 16.7 Å². The Balaban J connectivity index is -0.0000000206. The molecule has 0 aliphatic carbocycles. The molecule has 7 N–H and O–H groups in total. The van der Waals surface area contributed by atoms with E-state index in [2.05, 4.69) is 19.7 Å². The van der Waals surface area contributed by atoms with Gasteiger partial charge in [-0.3, -0.25) is 0 Å². The third-order valence-electron chi connectivity index (χ3n) is 0.573. The van der Waals surface area contributed by atoms with Gasteiger partial charge in [0.05, 0.1) is 18.2 Å². The van der Waals surface area contributed by atoms with Gasteiger partial charge in [-0.2, -0.15) is 15.8 Å². The minimum atomic E-state index is -0.167. The topological polar surface area (TPSA) is 186 Å². The predicted molar refractivity (Wildman–Crippen MR) is 89.5 cm³/mol. The number of rotatable bonds is 0. The molecule has 8 heteroatoms. The van der Waals surface area contributed by atoms with Crippen LogP contribution in [0, 0.1) is 34.0 Å². The molecule has 7 nitrogen and oxygen atoms in total. The van der Waals surface area contributed by atoms with Gasteiger partial charge >= 0.3 is 0 Å². The molecule has 0 radical (unpaired) electrons. The molecule has 0 aliphatic heterocycles. The van der Waals surface area contributed by atoms with Crippen LogP contribution >= 0.6 is 0 Å². The summed E-state index contributed by atoms with van der Waals surface area (Å²) in [5, 5.41) is 31.4. The Labute approximate surface area is 154 Å². The SMILES string of the molecule is C=C(C)C#N.C=C(C)C#N.C=C(C)C#N.CC(C)O.O.O.O.[Ti]. The molecular weight excluding hydrogens is 334 g/mol. The van der Waals surface area contributed by atoms with E-state index in [1.54, 1.807) is 34.6 Å². The number of aliphatic hydroxyl groups excluding tert-OH is 1. The second-order valence-corrected chi connectivity index (χ2v) is 3.77. The maximum Gasteiger partial charge on any atom is 0.0937 e. The molecule has 0 spiro atoms. The molecule has 0 saturated carbocycles. The molecule has 23 heavy (non-hydrogen) atoms. The third kappa shape index (κ3) is 374. The quantitative estimate of drug-likeness (QED) is 0.500. The summed E-state index contributed by atoms with van der Waals surface area (Å²) in [6, 6.07) is 5.50. The van der Waals surface area contributed by atoms with Crippen LogP contribution in [0.4, 0.5) is 0 Å². The van der Waals surface area contributed by atoms with Gasteiger partial charge in [-0.1, -0.05) is 19.7 Å². The molecule has 0 unspecified atom stereocenters. The van der Waals surface area contributed by atoms with E-state index in [1.165, 1.54) is 0 Å². The van der Waals surface area contributed by atoms with Crippen LogP contribution in [-0.4, -0.2) is 27.6 Å². The van der Waals surface area contributed by atoms with Gasteiger partial charge < -0.3 is 21.5 Å². The maximum atomic E-state index is 8.06. The number of aliphatic hydroxyl groups is 1. The zero-order chi connectivity index (χ0) is 16.4. The number of hydrogen-bond acceptors (Lipinski definition) is 4. The summed E-state index contributed by atoms with van der Waals surface area (Å²) in [5.41, 5.74) is 1.68. The van der Waals surface area contributed by atoms with Crippen molar-refractivity contribution in [1.29, 1.82) is 15.8 Å². The summed E-state index contributed by atoms with van der Waals surface area (Å²) in [7, 11) is 0. The van der Waals surface area contributed by atoms with Crippen molar-refractivity contribution in [3.8, 4) is 18.2 Å². The molecule has 0 aromatic rings. The average Bonchev–Trinajstić information content (AvgIpc) is 2.29. The van der Waals surface area contributed by atoms with E-state index in [4.69, 9.17) is 20.9 Å². The Morgan fingerprint density at radius 3 is 0.783 bits per heavy atom. The number of allylic oxidation sites excluding steroid dienone is 3. The van der Waals surface area contributed by atoms with Crippen molar-refractivity contribution in [3.05, 3.63) is 36.5 Å². The predicted octanol–water partition coefficient (Wildman–Crippen LogP) is 1.17. The fraction of sp³-hybridized carbons (Fsp3) is 0.400. The van der Waals surface area contributed by atoms with Crippen LogP contribution in [0.2, 0.25) is 0 Å². The average molecular weight is 363 g/mol. The molecule has 0 aromatic heterocycles. The summed E-state index contributed by atoms with van der Waals surface area (Å²) in [5.74, 6) is 0. The zero-order valence-electron chi connectivity index (χ0n) is 14.5. The largest absolute Gasteiger partial charge is 0.412 e. The zero-order valence-corrected chi connectivity index (χ0v) is 16.0. The molecule has 0 aliphatic rings. The molecule has 0 saturated heterocycles. The van der Waals surface area contributed by atoms with E-state index in [-0.39, 0.29) is 44.3 Å². The summed E-state index contributed by atoms with van der Waals surface area (Å²) >= 11 is 0. The van der Waals surface area contributed by atoms with Gasteiger partial charge in [-0.15, -0.1) is 0 Å². The van der Waals surface area contributed by atoms with Crippen molar-refractivity contribution in [1.82, 2.24) is 0 Å². The minimum Gasteiger partial charge on any atom is -0.412 e. The third-order valence-corrected chi connectivity index (χ3v) is 0.573. The molecule has 0 amide bonds. The fourth-order valence-electron chi connectivity index (χ4n) is 0. The molecule has 0 atom stereocenters. The van der Waals surface area contributed by atoms with E-state index < -0.39 is 0 Å². The van der Waals surface area contributed by atoms with E-state index >= 15 is 0 Å². The first-order chi connectivity index (χ1) is 8.54. The molecule has 0 rings (SSSR count). The molecule has 0 aromatic carbocycles. The number of hydrogen-bond donors (Lipinski definition) is 1. The summed E-state index contributed by atoms with van der Waals surface area (Å²) in [4.78, 5) is 0. The summed E-state index contributed by atoms with van der Waals surface area (Å²) in [6.45, 7) is 18.4. The van der Waals surface area contributed by atoms with Crippen LogP contribution in [0.5, 0.6) is 0 Å². The van der Waals surface area contributed by atoms with Gasteiger partial charge in [-0.05, 0) is 34.6 Å². The normalized spacial score (nSPS) is 5.22. The Kier molecular flexibility index (Phi) is 92.2. The Morgan fingerprint density at radius 2 is 0.783 bits per heavy atom. The van der Waals surface area contributed by atoms with E-state index in [1.807, 2.05) is 18.2 Å². The van der Waals surface area contributed by atoms with Gasteiger partial charge in [0.1, 0.15) is 0 Å². The maximum absolute atomic E-state index is 8.06. The molecule has 0 fully saturated rings. The number of nitrogens with zero attached hydrogens (tertiary/aromatic N) is 3. The Hall–Kier alpha value is -1.76. The summed E-state index contributed by atoms with van der Waals surface area (Å²) in [6.07, 6.45) is -0.167. The van der Waals surface area contributed by atoms with Crippen LogP contribution < -0.4 is 0 Å². The molecular formula is C15H29N3O4Ti. The molecule has 0 bridgehead atoms. The van der Waals surface area contributed by atoms with Crippen molar-refractivity contribution in [2.45, 2.75) is 40.7 Å². The smallest absolute Gasteiger partial charge is 0.0937 e. The second-order valence-electron chi connectivity index (χ2n) is 3.77. The standard InChI is InChI=1S/3C4H5N.C3H8O.3H2O.Ti/c3*1-4(2)3-5;1-3(2)4;;;;/h3*1H2,2H3;3-4H,1-2H3;3*1H2;. The van der Waals surface area contributed by atoms with Crippen LogP contribution in [-0.2, 0) is 21.7 Å². The van der Waals surface area contributed by atoms with Crippen molar-refractivity contribution in [2.24, 2.45) is 0 Å². The van der Waals surface area contributed by atoms with E-state index in [0.717, 1.165) is 0 Å². The first-order valence-corrected chi connectivity index (χ1v) is 5.39. The van der Waals surface area contributed by atoms with Crippen molar-refractivity contribution < 1.29 is 43.3 Å². The van der Waals surface area contributed by atoms with Gasteiger partial charge in [-0.25, -0.2) is 0 Å². The van der Waals surface area contributed by atoms with Crippen LogP contribution in [0.25, 0.3) is 0 Å². The van der Waals surface area contributed by atoms with Crippen LogP contribution in [0.3, 0.4) is 0 Å². The van der Waals surface area contributed by atoms with E-state index in [9.17, 15) is 0 Å². The first kappa shape index (κ1) is 49.6. The van der Waals surface area contributed by atoms with Crippen molar-refractivity contribution in [2.75, 3.05) is 0 Å². The van der Waals surface area contributed by atoms with Gasteiger partial charge in [0, 0.05) is 44.5 Å². The Morgan fingerprint density at radius 1 is 0.739 bits per heavy atom. The summed E-state index contributed by atoms with van der Waals surface area (Å²) < 4.78 is 0. The van der Waals surface area contributed by atoms with Gasteiger partial charge in [0.25, 0.3) is 0 Å². The van der Waals surface area contributed by atoms with Crippen LogP contribution in [0.1, 0.15) is 34.6 Å². The van der Waals surface area contributed by atoms with Crippen molar-refractivity contribution in [3.63, 3.8) is 0 Å².